The monoisotopic (exact) mass is 248 g/mol. The van der Waals surface area contributed by atoms with Gasteiger partial charge in [-0.25, -0.2) is 0 Å². The highest BCUT2D eigenvalue weighted by Gasteiger charge is 2.39. The fourth-order valence-electron chi connectivity index (χ4n) is 3.68. The Kier molecular flexibility index (Phi) is 3.39. The molecule has 0 aromatic carbocycles. The maximum Gasteiger partial charge on any atom is 0.0536 e. The van der Waals surface area contributed by atoms with Crippen molar-refractivity contribution < 1.29 is 0 Å². The summed E-state index contributed by atoms with van der Waals surface area (Å²) in [7, 11) is 2.10. The number of rotatable bonds is 4. The zero-order chi connectivity index (χ0) is 12.5. The van der Waals surface area contributed by atoms with E-state index in [0.717, 1.165) is 31.2 Å². The molecule has 0 aliphatic carbocycles. The minimum absolute atomic E-state index is 0.741. The van der Waals surface area contributed by atoms with Crippen molar-refractivity contribution in [1.82, 2.24) is 20.0 Å². The highest BCUT2D eigenvalue weighted by atomic mass is 15.3. The maximum atomic E-state index is 4.38. The molecule has 2 saturated heterocycles. The van der Waals surface area contributed by atoms with E-state index in [1.54, 1.807) is 0 Å². The van der Waals surface area contributed by atoms with Crippen LogP contribution in [0.25, 0.3) is 0 Å². The third-order valence-electron chi connectivity index (χ3n) is 4.64. The number of aromatic nitrogens is 2. The normalized spacial score (nSPS) is 32.0. The lowest BCUT2D eigenvalue weighted by Crippen LogP contribution is -2.49. The summed E-state index contributed by atoms with van der Waals surface area (Å²) in [4.78, 5) is 2.73. The largest absolute Gasteiger partial charge is 0.317 e. The standard InChI is InChI=1S/C14H24N4/c1-11-9-16-17(10-11)5-6-18-13-3-4-14(18)8-12(7-13)15-2/h9-10,12-15H,3-8H2,1-2H3. The number of hydrogen-bond donors (Lipinski definition) is 1. The summed E-state index contributed by atoms with van der Waals surface area (Å²) < 4.78 is 2.08. The molecule has 2 fully saturated rings. The van der Waals surface area contributed by atoms with Crippen LogP contribution in [0.1, 0.15) is 31.2 Å². The van der Waals surface area contributed by atoms with Crippen LogP contribution in [0.4, 0.5) is 0 Å². The Bertz CT molecular complexity index is 386. The second-order valence-electron chi connectivity index (χ2n) is 5.86. The molecule has 1 aromatic heterocycles. The second-order valence-corrected chi connectivity index (χ2v) is 5.86. The van der Waals surface area contributed by atoms with Gasteiger partial charge in [-0.05, 0) is 45.2 Å². The van der Waals surface area contributed by atoms with E-state index < -0.39 is 0 Å². The van der Waals surface area contributed by atoms with E-state index in [9.17, 15) is 0 Å². The lowest BCUT2D eigenvalue weighted by Gasteiger charge is -2.38. The van der Waals surface area contributed by atoms with E-state index in [0.29, 0.717) is 0 Å². The first-order valence-corrected chi connectivity index (χ1v) is 7.18. The highest BCUT2D eigenvalue weighted by Crippen LogP contribution is 2.35. The topological polar surface area (TPSA) is 33.1 Å². The van der Waals surface area contributed by atoms with Crippen LogP contribution in [0.15, 0.2) is 12.4 Å². The molecule has 0 saturated carbocycles. The van der Waals surface area contributed by atoms with Crippen LogP contribution in [0, 0.1) is 6.92 Å². The molecule has 2 aliphatic heterocycles. The lowest BCUT2D eigenvalue weighted by molar-refractivity contribution is 0.113. The summed E-state index contributed by atoms with van der Waals surface area (Å²) in [5, 5.41) is 7.84. The van der Waals surface area contributed by atoms with E-state index >= 15 is 0 Å². The van der Waals surface area contributed by atoms with Crippen LogP contribution in [0.5, 0.6) is 0 Å². The molecule has 0 spiro atoms. The van der Waals surface area contributed by atoms with Crippen molar-refractivity contribution in [2.75, 3.05) is 13.6 Å². The smallest absolute Gasteiger partial charge is 0.0536 e. The molecule has 0 radical (unpaired) electrons. The fraction of sp³-hybridized carbons (Fsp3) is 0.786. The van der Waals surface area contributed by atoms with Gasteiger partial charge in [0, 0.05) is 30.9 Å². The van der Waals surface area contributed by atoms with Gasteiger partial charge < -0.3 is 5.32 Å². The highest BCUT2D eigenvalue weighted by molar-refractivity contribution is 5.00. The number of piperidine rings is 1. The first kappa shape index (κ1) is 12.2. The molecule has 0 amide bonds. The minimum atomic E-state index is 0.741. The van der Waals surface area contributed by atoms with Crippen molar-refractivity contribution in [3.63, 3.8) is 0 Å². The van der Waals surface area contributed by atoms with Gasteiger partial charge in [-0.1, -0.05) is 0 Å². The molecule has 1 N–H and O–H groups in total. The molecule has 4 heteroatoms. The van der Waals surface area contributed by atoms with Crippen LogP contribution >= 0.6 is 0 Å². The first-order chi connectivity index (χ1) is 8.76. The van der Waals surface area contributed by atoms with E-state index in [-0.39, 0.29) is 0 Å². The molecule has 100 valence electrons. The van der Waals surface area contributed by atoms with Gasteiger partial charge in [-0.3, -0.25) is 9.58 Å². The fourth-order valence-corrected chi connectivity index (χ4v) is 3.68. The van der Waals surface area contributed by atoms with Crippen molar-refractivity contribution in [1.29, 1.82) is 0 Å². The number of fused-ring (bicyclic) bond motifs is 2. The molecule has 3 rings (SSSR count). The molecule has 18 heavy (non-hydrogen) atoms. The van der Waals surface area contributed by atoms with Crippen LogP contribution in [-0.4, -0.2) is 46.4 Å². The average molecular weight is 248 g/mol. The minimum Gasteiger partial charge on any atom is -0.317 e. The van der Waals surface area contributed by atoms with Crippen molar-refractivity contribution >= 4 is 0 Å². The van der Waals surface area contributed by atoms with Gasteiger partial charge in [0.1, 0.15) is 0 Å². The van der Waals surface area contributed by atoms with Gasteiger partial charge in [0.2, 0.25) is 0 Å². The Labute approximate surface area is 109 Å². The molecule has 4 nitrogen and oxygen atoms in total. The molecular formula is C14H24N4. The maximum absolute atomic E-state index is 4.38. The van der Waals surface area contributed by atoms with E-state index in [2.05, 4.69) is 40.2 Å². The Hall–Kier alpha value is -0.870. The third kappa shape index (κ3) is 2.31. The van der Waals surface area contributed by atoms with E-state index in [1.165, 1.54) is 31.2 Å². The molecule has 2 atom stereocenters. The zero-order valence-electron chi connectivity index (χ0n) is 11.5. The van der Waals surface area contributed by atoms with Crippen molar-refractivity contribution in [3.8, 4) is 0 Å². The Morgan fingerprint density at radius 3 is 2.56 bits per heavy atom. The van der Waals surface area contributed by atoms with Gasteiger partial charge in [-0.15, -0.1) is 0 Å². The van der Waals surface area contributed by atoms with Gasteiger partial charge in [0.25, 0.3) is 0 Å². The van der Waals surface area contributed by atoms with Gasteiger partial charge in [0.05, 0.1) is 12.7 Å². The molecular weight excluding hydrogens is 224 g/mol. The summed E-state index contributed by atoms with van der Waals surface area (Å²) in [6, 6.07) is 2.35. The predicted octanol–water partition coefficient (Wildman–Crippen LogP) is 1.41. The predicted molar refractivity (Wildman–Crippen MR) is 72.6 cm³/mol. The van der Waals surface area contributed by atoms with Crippen molar-refractivity contribution in [2.45, 2.75) is 57.3 Å². The zero-order valence-corrected chi connectivity index (χ0v) is 11.5. The summed E-state index contributed by atoms with van der Waals surface area (Å²) in [5.41, 5.74) is 1.26. The molecule has 2 bridgehead atoms. The second kappa shape index (κ2) is 5.02. The van der Waals surface area contributed by atoms with Gasteiger partial charge in [0.15, 0.2) is 0 Å². The summed E-state index contributed by atoms with van der Waals surface area (Å²) in [6.45, 7) is 4.30. The molecule has 3 heterocycles. The van der Waals surface area contributed by atoms with Gasteiger partial charge in [-0.2, -0.15) is 5.10 Å². The number of nitrogens with zero attached hydrogens (tertiary/aromatic N) is 3. The van der Waals surface area contributed by atoms with E-state index in [4.69, 9.17) is 0 Å². The molecule has 1 aromatic rings. The summed E-state index contributed by atoms with van der Waals surface area (Å²) >= 11 is 0. The van der Waals surface area contributed by atoms with Crippen LogP contribution < -0.4 is 5.32 Å². The van der Waals surface area contributed by atoms with Crippen LogP contribution in [0.2, 0.25) is 0 Å². The molecule has 2 aliphatic rings. The van der Waals surface area contributed by atoms with Crippen molar-refractivity contribution in [2.24, 2.45) is 0 Å². The SMILES string of the molecule is CNC1CC2CCC(C1)N2CCn1cc(C)cn1. The van der Waals surface area contributed by atoms with Crippen LogP contribution in [-0.2, 0) is 6.54 Å². The third-order valence-corrected chi connectivity index (χ3v) is 4.64. The summed E-state index contributed by atoms with van der Waals surface area (Å²) in [6.07, 6.45) is 9.52. The molecule has 2 unspecified atom stereocenters. The lowest BCUT2D eigenvalue weighted by atomic mass is 9.97. The first-order valence-electron chi connectivity index (χ1n) is 7.18. The number of aryl methyl sites for hydroxylation is 1. The number of nitrogens with one attached hydrogen (secondary N) is 1. The average Bonchev–Trinajstić information content (AvgIpc) is 2.87. The van der Waals surface area contributed by atoms with Crippen LogP contribution in [0.3, 0.4) is 0 Å². The Morgan fingerprint density at radius 1 is 1.28 bits per heavy atom. The van der Waals surface area contributed by atoms with Crippen molar-refractivity contribution in [3.05, 3.63) is 18.0 Å². The Morgan fingerprint density at radius 2 is 2.00 bits per heavy atom. The quantitative estimate of drug-likeness (QED) is 0.874. The Balaban J connectivity index is 1.58. The van der Waals surface area contributed by atoms with Gasteiger partial charge >= 0.3 is 0 Å². The summed E-state index contributed by atoms with van der Waals surface area (Å²) in [5.74, 6) is 0. The number of hydrogen-bond acceptors (Lipinski definition) is 3. The van der Waals surface area contributed by atoms with E-state index in [1.807, 2.05) is 6.20 Å².